The molecule has 1 aromatic rings. The largest absolute Gasteiger partial charge is 0.382 e. The first kappa shape index (κ1) is 11.9. The van der Waals surface area contributed by atoms with E-state index in [0.29, 0.717) is 23.1 Å². The maximum atomic E-state index is 13.6. The van der Waals surface area contributed by atoms with Crippen LogP contribution in [0.4, 0.5) is 10.1 Å². The lowest BCUT2D eigenvalue weighted by molar-refractivity contribution is 0.554. The molecule has 1 N–H and O–H groups in total. The second-order valence-electron chi connectivity index (χ2n) is 4.90. The van der Waals surface area contributed by atoms with E-state index in [4.69, 9.17) is 5.26 Å². The van der Waals surface area contributed by atoms with E-state index in [0.717, 1.165) is 12.1 Å². The fourth-order valence-electron chi connectivity index (χ4n) is 2.45. The zero-order valence-corrected chi connectivity index (χ0v) is 10.3. The number of benzene rings is 1. The zero-order valence-electron chi connectivity index (χ0n) is 10.3. The van der Waals surface area contributed by atoms with Gasteiger partial charge >= 0.3 is 0 Å². The van der Waals surface area contributed by atoms with Crippen LogP contribution in [0.2, 0.25) is 0 Å². The Kier molecular flexibility index (Phi) is 3.33. The van der Waals surface area contributed by atoms with E-state index in [1.165, 1.54) is 18.9 Å². The number of halogens is 1. The maximum Gasteiger partial charge on any atom is 0.129 e. The average molecular weight is 232 g/mol. The smallest absolute Gasteiger partial charge is 0.129 e. The van der Waals surface area contributed by atoms with Crippen LogP contribution in [0.25, 0.3) is 0 Å². The van der Waals surface area contributed by atoms with Gasteiger partial charge in [-0.2, -0.15) is 5.26 Å². The lowest BCUT2D eigenvalue weighted by Crippen LogP contribution is -2.22. The Morgan fingerprint density at radius 1 is 1.41 bits per heavy atom. The van der Waals surface area contributed by atoms with Crippen molar-refractivity contribution in [2.75, 3.05) is 5.32 Å². The molecule has 90 valence electrons. The molecule has 1 aliphatic carbocycles. The lowest BCUT2D eigenvalue weighted by atomic mass is 10.0. The minimum Gasteiger partial charge on any atom is -0.382 e. The molecule has 2 rings (SSSR count). The number of nitriles is 1. The molecule has 17 heavy (non-hydrogen) atoms. The second-order valence-corrected chi connectivity index (χ2v) is 4.90. The van der Waals surface area contributed by atoms with Gasteiger partial charge in [-0.15, -0.1) is 0 Å². The van der Waals surface area contributed by atoms with E-state index in [2.05, 4.69) is 12.2 Å². The Labute approximate surface area is 101 Å². The quantitative estimate of drug-likeness (QED) is 0.845. The van der Waals surface area contributed by atoms with Gasteiger partial charge in [0, 0.05) is 17.3 Å². The van der Waals surface area contributed by atoms with Crippen LogP contribution in [-0.4, -0.2) is 6.04 Å². The molecule has 0 amide bonds. The van der Waals surface area contributed by atoms with Crippen LogP contribution in [0.15, 0.2) is 12.1 Å². The summed E-state index contributed by atoms with van der Waals surface area (Å²) in [6, 6.07) is 5.43. The number of nitrogens with zero attached hydrogens (tertiary/aromatic N) is 1. The van der Waals surface area contributed by atoms with Gasteiger partial charge in [0.05, 0.1) is 11.6 Å². The van der Waals surface area contributed by atoms with Crippen molar-refractivity contribution in [1.82, 2.24) is 0 Å². The van der Waals surface area contributed by atoms with Crippen molar-refractivity contribution in [2.24, 2.45) is 5.92 Å². The first-order valence-electron chi connectivity index (χ1n) is 6.08. The van der Waals surface area contributed by atoms with Crippen LogP contribution in [0.5, 0.6) is 0 Å². The van der Waals surface area contributed by atoms with E-state index in [1.54, 1.807) is 13.0 Å². The molecule has 1 saturated carbocycles. The fourth-order valence-corrected chi connectivity index (χ4v) is 2.45. The minimum atomic E-state index is -0.308. The minimum absolute atomic E-state index is 0.308. The third kappa shape index (κ3) is 2.41. The van der Waals surface area contributed by atoms with Crippen LogP contribution in [0, 0.1) is 30.0 Å². The topological polar surface area (TPSA) is 35.8 Å². The molecule has 0 heterocycles. The number of nitrogens with one attached hydrogen (secondary N) is 1. The number of rotatable bonds is 2. The van der Waals surface area contributed by atoms with Crippen LogP contribution in [0.1, 0.15) is 37.3 Å². The standard InChI is InChI=1S/C14H17FN2/c1-9-4-3-5-13(9)17-14-7-11(8-16)6-12(15)10(14)2/h6-7,9,13,17H,3-5H2,1-2H3. The molecule has 2 unspecified atom stereocenters. The maximum absolute atomic E-state index is 13.6. The van der Waals surface area contributed by atoms with Gasteiger partial charge in [-0.3, -0.25) is 0 Å². The van der Waals surface area contributed by atoms with Crippen LogP contribution < -0.4 is 5.32 Å². The van der Waals surface area contributed by atoms with Crippen molar-refractivity contribution in [1.29, 1.82) is 5.26 Å². The van der Waals surface area contributed by atoms with Gasteiger partial charge in [-0.25, -0.2) is 4.39 Å². The molecule has 2 atom stereocenters. The van der Waals surface area contributed by atoms with Crippen molar-refractivity contribution in [3.63, 3.8) is 0 Å². The Morgan fingerprint density at radius 2 is 2.18 bits per heavy atom. The zero-order chi connectivity index (χ0) is 12.4. The first-order chi connectivity index (χ1) is 8.11. The van der Waals surface area contributed by atoms with Crippen LogP contribution >= 0.6 is 0 Å². The Bertz CT molecular complexity index is 462. The molecular weight excluding hydrogens is 215 g/mol. The van der Waals surface area contributed by atoms with Gasteiger partial charge in [0.1, 0.15) is 5.82 Å². The van der Waals surface area contributed by atoms with E-state index >= 15 is 0 Å². The van der Waals surface area contributed by atoms with Crippen molar-refractivity contribution in [2.45, 2.75) is 39.2 Å². The second kappa shape index (κ2) is 4.75. The Hall–Kier alpha value is -1.56. The molecule has 3 heteroatoms. The van der Waals surface area contributed by atoms with Gasteiger partial charge in [-0.1, -0.05) is 13.3 Å². The summed E-state index contributed by atoms with van der Waals surface area (Å²) in [7, 11) is 0. The molecular formula is C14H17FN2. The summed E-state index contributed by atoms with van der Waals surface area (Å²) in [6.07, 6.45) is 3.56. The van der Waals surface area contributed by atoms with Gasteiger partial charge in [0.15, 0.2) is 0 Å². The highest BCUT2D eigenvalue weighted by Gasteiger charge is 2.23. The van der Waals surface area contributed by atoms with Gasteiger partial charge in [0.25, 0.3) is 0 Å². The highest BCUT2D eigenvalue weighted by molar-refractivity contribution is 5.56. The van der Waals surface area contributed by atoms with Crippen molar-refractivity contribution < 1.29 is 4.39 Å². The summed E-state index contributed by atoms with van der Waals surface area (Å²) in [4.78, 5) is 0. The van der Waals surface area contributed by atoms with Crippen LogP contribution in [-0.2, 0) is 0 Å². The van der Waals surface area contributed by atoms with E-state index < -0.39 is 0 Å². The molecule has 0 saturated heterocycles. The molecule has 1 fully saturated rings. The monoisotopic (exact) mass is 232 g/mol. The fraction of sp³-hybridized carbons (Fsp3) is 0.500. The molecule has 0 aromatic heterocycles. The van der Waals surface area contributed by atoms with E-state index in [9.17, 15) is 4.39 Å². The number of hydrogen-bond acceptors (Lipinski definition) is 2. The number of hydrogen-bond donors (Lipinski definition) is 1. The molecule has 1 aliphatic rings. The van der Waals surface area contributed by atoms with Gasteiger partial charge in [0.2, 0.25) is 0 Å². The molecule has 0 aliphatic heterocycles. The summed E-state index contributed by atoms with van der Waals surface area (Å²) in [5, 5.41) is 12.2. The highest BCUT2D eigenvalue weighted by Crippen LogP contribution is 2.30. The summed E-state index contributed by atoms with van der Waals surface area (Å²) < 4.78 is 13.6. The van der Waals surface area contributed by atoms with Crippen molar-refractivity contribution >= 4 is 5.69 Å². The third-order valence-corrected chi connectivity index (χ3v) is 3.68. The predicted molar refractivity (Wildman–Crippen MR) is 66.3 cm³/mol. The SMILES string of the molecule is Cc1c(F)cc(C#N)cc1NC1CCCC1C. The van der Waals surface area contributed by atoms with Crippen molar-refractivity contribution in [3.8, 4) is 6.07 Å². The summed E-state index contributed by atoms with van der Waals surface area (Å²) in [5.41, 5.74) is 1.74. The first-order valence-corrected chi connectivity index (χ1v) is 6.08. The highest BCUT2D eigenvalue weighted by atomic mass is 19.1. The summed E-state index contributed by atoms with van der Waals surface area (Å²) in [5.74, 6) is 0.306. The predicted octanol–water partition coefficient (Wildman–Crippen LogP) is 3.61. The third-order valence-electron chi connectivity index (χ3n) is 3.68. The van der Waals surface area contributed by atoms with Crippen LogP contribution in [0.3, 0.4) is 0 Å². The Balaban J connectivity index is 2.26. The Morgan fingerprint density at radius 3 is 2.76 bits per heavy atom. The van der Waals surface area contributed by atoms with E-state index in [1.807, 2.05) is 6.07 Å². The normalized spacial score (nSPS) is 23.4. The molecule has 1 aromatic carbocycles. The average Bonchev–Trinajstić information content (AvgIpc) is 2.70. The molecule has 0 radical (unpaired) electrons. The summed E-state index contributed by atoms with van der Waals surface area (Å²) in [6.45, 7) is 3.96. The van der Waals surface area contributed by atoms with Crippen molar-refractivity contribution in [3.05, 3.63) is 29.1 Å². The van der Waals surface area contributed by atoms with E-state index in [-0.39, 0.29) is 5.82 Å². The van der Waals surface area contributed by atoms with Gasteiger partial charge in [-0.05, 0) is 37.8 Å². The molecule has 0 spiro atoms. The molecule has 2 nitrogen and oxygen atoms in total. The lowest BCUT2D eigenvalue weighted by Gasteiger charge is -2.20. The van der Waals surface area contributed by atoms with Gasteiger partial charge < -0.3 is 5.32 Å². The summed E-state index contributed by atoms with van der Waals surface area (Å²) >= 11 is 0. The number of anilines is 1. The molecule has 0 bridgehead atoms.